The van der Waals surface area contributed by atoms with Crippen LogP contribution in [0.2, 0.25) is 0 Å². The first-order chi connectivity index (χ1) is 8.81. The number of carbonyl (C=O) groups is 1. The average Bonchev–Trinajstić information content (AvgIpc) is 2.46. The van der Waals surface area contributed by atoms with Gasteiger partial charge in [-0.05, 0) is 31.9 Å². The number of carbonyl (C=O) groups excluding carboxylic acids is 1. The maximum atomic E-state index is 12.4. The third-order valence-electron chi connectivity index (χ3n) is 3.52. The Morgan fingerprint density at radius 2 is 2.05 bits per heavy atom. The summed E-state index contributed by atoms with van der Waals surface area (Å²) in [7, 11) is 0. The number of nitrogens with one attached hydrogen (secondary N) is 1. The van der Waals surface area contributed by atoms with Crippen molar-refractivity contribution in [3.8, 4) is 0 Å². The number of amides is 1. The number of piperidine rings is 1. The second-order valence-corrected chi connectivity index (χ2v) is 4.84. The van der Waals surface area contributed by atoms with E-state index in [1.165, 1.54) is 12.0 Å². The molecule has 4 heteroatoms. The Balaban J connectivity index is 0.00000180. The van der Waals surface area contributed by atoms with Gasteiger partial charge in [-0.15, -0.1) is 12.4 Å². The van der Waals surface area contributed by atoms with Gasteiger partial charge in [0.15, 0.2) is 0 Å². The van der Waals surface area contributed by atoms with E-state index in [9.17, 15) is 4.79 Å². The van der Waals surface area contributed by atoms with Crippen molar-refractivity contribution >= 4 is 18.3 Å². The first kappa shape index (κ1) is 16.0. The van der Waals surface area contributed by atoms with E-state index in [4.69, 9.17) is 0 Å². The fourth-order valence-electron chi connectivity index (χ4n) is 2.43. The summed E-state index contributed by atoms with van der Waals surface area (Å²) in [5.74, 6) is 0.251. The van der Waals surface area contributed by atoms with E-state index in [-0.39, 0.29) is 24.4 Å². The molecule has 0 saturated carbocycles. The third-order valence-corrected chi connectivity index (χ3v) is 3.52. The van der Waals surface area contributed by atoms with Crippen LogP contribution in [-0.2, 0) is 11.3 Å². The van der Waals surface area contributed by atoms with E-state index in [2.05, 4.69) is 17.4 Å². The summed E-state index contributed by atoms with van der Waals surface area (Å²) in [5.41, 5.74) is 1.20. The third kappa shape index (κ3) is 4.51. The van der Waals surface area contributed by atoms with Gasteiger partial charge in [0.25, 0.3) is 0 Å². The molecule has 1 aliphatic heterocycles. The van der Waals surface area contributed by atoms with Crippen molar-refractivity contribution in [1.29, 1.82) is 0 Å². The van der Waals surface area contributed by atoms with E-state index in [0.717, 1.165) is 25.9 Å². The molecule has 0 radical (unpaired) electrons. The van der Waals surface area contributed by atoms with Gasteiger partial charge in [0.1, 0.15) is 0 Å². The maximum absolute atomic E-state index is 12.4. The number of rotatable bonds is 4. The topological polar surface area (TPSA) is 32.3 Å². The Bertz CT molecular complexity index is 377. The Labute approximate surface area is 121 Å². The molecule has 1 atom stereocenters. The highest BCUT2D eigenvalue weighted by molar-refractivity contribution is 5.85. The normalized spacial score (nSPS) is 18.5. The van der Waals surface area contributed by atoms with Crippen molar-refractivity contribution in [2.45, 2.75) is 38.8 Å². The van der Waals surface area contributed by atoms with Crippen molar-refractivity contribution in [2.75, 3.05) is 13.1 Å². The summed E-state index contributed by atoms with van der Waals surface area (Å²) in [6, 6.07) is 10.2. The lowest BCUT2D eigenvalue weighted by Crippen LogP contribution is -2.48. The minimum atomic E-state index is 0. The Kier molecular flexibility index (Phi) is 6.89. The summed E-state index contributed by atoms with van der Waals surface area (Å²) in [5, 5.41) is 3.33. The molecule has 1 heterocycles. The van der Waals surface area contributed by atoms with Gasteiger partial charge in [0.2, 0.25) is 5.91 Å². The maximum Gasteiger partial charge on any atom is 0.239 e. The monoisotopic (exact) mass is 282 g/mol. The Morgan fingerprint density at radius 3 is 2.63 bits per heavy atom. The van der Waals surface area contributed by atoms with Crippen LogP contribution in [0.5, 0.6) is 0 Å². The highest BCUT2D eigenvalue weighted by atomic mass is 35.5. The molecule has 1 fully saturated rings. The highest BCUT2D eigenvalue weighted by Crippen LogP contribution is 2.12. The molecule has 0 bridgehead atoms. The molecule has 1 aromatic rings. The van der Waals surface area contributed by atoms with E-state index >= 15 is 0 Å². The number of nitrogens with zero attached hydrogens (tertiary/aromatic N) is 1. The van der Waals surface area contributed by atoms with E-state index in [0.29, 0.717) is 6.54 Å². The number of hydrogen-bond acceptors (Lipinski definition) is 2. The van der Waals surface area contributed by atoms with Crippen LogP contribution in [0.25, 0.3) is 0 Å². The molecule has 1 aromatic carbocycles. The standard InChI is InChI=1S/C15H22N2O.ClH/c1-2-17(12-13-8-4-3-5-9-13)15(18)14-10-6-7-11-16-14;/h3-5,8-9,14,16H,2,6-7,10-12H2,1H3;1H/t14-;/m0./s1. The van der Waals surface area contributed by atoms with Crippen LogP contribution in [0.15, 0.2) is 30.3 Å². The van der Waals surface area contributed by atoms with Crippen molar-refractivity contribution < 1.29 is 4.79 Å². The molecule has 0 aliphatic carbocycles. The second-order valence-electron chi connectivity index (χ2n) is 4.84. The van der Waals surface area contributed by atoms with Crippen LogP contribution in [0, 0.1) is 0 Å². The van der Waals surface area contributed by atoms with Gasteiger partial charge in [-0.2, -0.15) is 0 Å². The molecule has 1 amide bonds. The molecule has 3 nitrogen and oxygen atoms in total. The predicted octanol–water partition coefficient (Wildman–Crippen LogP) is 2.60. The summed E-state index contributed by atoms with van der Waals surface area (Å²) < 4.78 is 0. The zero-order chi connectivity index (χ0) is 12.8. The first-order valence-corrected chi connectivity index (χ1v) is 6.87. The molecule has 106 valence electrons. The molecular weight excluding hydrogens is 260 g/mol. The molecular formula is C15H23ClN2O. The minimum Gasteiger partial charge on any atom is -0.337 e. The van der Waals surface area contributed by atoms with Gasteiger partial charge in [0, 0.05) is 13.1 Å². The summed E-state index contributed by atoms with van der Waals surface area (Å²) in [6.07, 6.45) is 3.32. The number of hydrogen-bond donors (Lipinski definition) is 1. The molecule has 1 aliphatic rings. The van der Waals surface area contributed by atoms with Crippen LogP contribution in [0.3, 0.4) is 0 Å². The lowest BCUT2D eigenvalue weighted by atomic mass is 10.0. The molecule has 0 unspecified atom stereocenters. The van der Waals surface area contributed by atoms with Gasteiger partial charge in [0.05, 0.1) is 6.04 Å². The van der Waals surface area contributed by atoms with Crippen molar-refractivity contribution in [3.05, 3.63) is 35.9 Å². The smallest absolute Gasteiger partial charge is 0.239 e. The van der Waals surface area contributed by atoms with E-state index in [1.807, 2.05) is 30.0 Å². The summed E-state index contributed by atoms with van der Waals surface area (Å²) in [6.45, 7) is 4.50. The largest absolute Gasteiger partial charge is 0.337 e. The number of likely N-dealkylation sites (N-methyl/N-ethyl adjacent to an activating group) is 1. The van der Waals surface area contributed by atoms with E-state index < -0.39 is 0 Å². The second kappa shape index (κ2) is 8.18. The summed E-state index contributed by atoms with van der Waals surface area (Å²) >= 11 is 0. The van der Waals surface area contributed by atoms with Gasteiger partial charge in [-0.3, -0.25) is 4.79 Å². The zero-order valence-electron chi connectivity index (χ0n) is 11.5. The van der Waals surface area contributed by atoms with Gasteiger partial charge in [-0.25, -0.2) is 0 Å². The molecule has 2 rings (SSSR count). The van der Waals surface area contributed by atoms with Crippen LogP contribution < -0.4 is 5.32 Å². The Hall–Kier alpha value is -1.06. The zero-order valence-corrected chi connectivity index (χ0v) is 12.3. The van der Waals surface area contributed by atoms with Crippen LogP contribution >= 0.6 is 12.4 Å². The van der Waals surface area contributed by atoms with Gasteiger partial charge < -0.3 is 10.2 Å². The Morgan fingerprint density at radius 1 is 1.32 bits per heavy atom. The van der Waals surface area contributed by atoms with Crippen LogP contribution in [0.1, 0.15) is 31.7 Å². The number of halogens is 1. The first-order valence-electron chi connectivity index (χ1n) is 6.87. The van der Waals surface area contributed by atoms with Gasteiger partial charge >= 0.3 is 0 Å². The van der Waals surface area contributed by atoms with Crippen LogP contribution in [-0.4, -0.2) is 29.9 Å². The summed E-state index contributed by atoms with van der Waals surface area (Å²) in [4.78, 5) is 14.3. The minimum absolute atomic E-state index is 0. The molecule has 1 N–H and O–H groups in total. The van der Waals surface area contributed by atoms with Crippen molar-refractivity contribution in [3.63, 3.8) is 0 Å². The van der Waals surface area contributed by atoms with Crippen molar-refractivity contribution in [1.82, 2.24) is 10.2 Å². The number of benzene rings is 1. The fourth-order valence-corrected chi connectivity index (χ4v) is 2.43. The molecule has 1 saturated heterocycles. The predicted molar refractivity (Wildman–Crippen MR) is 80.4 cm³/mol. The SMILES string of the molecule is CCN(Cc1ccccc1)C(=O)[C@@H]1CCCCN1.Cl. The molecule has 0 aromatic heterocycles. The highest BCUT2D eigenvalue weighted by Gasteiger charge is 2.24. The van der Waals surface area contributed by atoms with Crippen molar-refractivity contribution in [2.24, 2.45) is 0 Å². The van der Waals surface area contributed by atoms with Crippen LogP contribution in [0.4, 0.5) is 0 Å². The lowest BCUT2D eigenvalue weighted by molar-refractivity contribution is -0.134. The molecule has 0 spiro atoms. The lowest BCUT2D eigenvalue weighted by Gasteiger charge is -2.29. The molecule has 19 heavy (non-hydrogen) atoms. The quantitative estimate of drug-likeness (QED) is 0.921. The van der Waals surface area contributed by atoms with Gasteiger partial charge in [-0.1, -0.05) is 36.8 Å². The van der Waals surface area contributed by atoms with E-state index in [1.54, 1.807) is 0 Å². The average molecular weight is 283 g/mol. The fraction of sp³-hybridized carbons (Fsp3) is 0.533.